The zero-order valence-corrected chi connectivity index (χ0v) is 18.8. The molecule has 2 heterocycles. The van der Waals surface area contributed by atoms with Gasteiger partial charge in [-0.15, -0.1) is 11.3 Å². The van der Waals surface area contributed by atoms with Crippen LogP contribution in [0.5, 0.6) is 5.75 Å². The van der Waals surface area contributed by atoms with Crippen molar-refractivity contribution >= 4 is 38.9 Å². The third-order valence-electron chi connectivity index (χ3n) is 5.72. The highest BCUT2D eigenvalue weighted by atomic mass is 32.1. The third-order valence-corrected chi connectivity index (χ3v) is 6.91. The summed E-state index contributed by atoms with van der Waals surface area (Å²) in [5, 5.41) is 22.7. The van der Waals surface area contributed by atoms with E-state index in [0.717, 1.165) is 49.4 Å². The summed E-state index contributed by atoms with van der Waals surface area (Å²) in [4.78, 5) is 55.1. The summed E-state index contributed by atoms with van der Waals surface area (Å²) in [6.45, 7) is 0. The van der Waals surface area contributed by atoms with Crippen LogP contribution in [0, 0.1) is 20.2 Å². The molecule has 0 fully saturated rings. The zero-order valence-electron chi connectivity index (χ0n) is 18.0. The Balaban J connectivity index is 1.40. The molecule has 0 saturated heterocycles. The Bertz CT molecular complexity index is 1540. The molecule has 35 heavy (non-hydrogen) atoms. The van der Waals surface area contributed by atoms with Crippen molar-refractivity contribution in [2.24, 2.45) is 0 Å². The molecule has 2 aromatic heterocycles. The van der Waals surface area contributed by atoms with Gasteiger partial charge in [-0.1, -0.05) is 0 Å². The lowest BCUT2D eigenvalue weighted by atomic mass is 9.97. The highest BCUT2D eigenvalue weighted by molar-refractivity contribution is 7.18. The Morgan fingerprint density at radius 3 is 2.31 bits per heavy atom. The molecule has 0 radical (unpaired) electrons. The Morgan fingerprint density at radius 1 is 1.00 bits per heavy atom. The van der Waals surface area contributed by atoms with Crippen LogP contribution in [-0.2, 0) is 12.8 Å². The summed E-state index contributed by atoms with van der Waals surface area (Å²) in [5.74, 6) is -0.488. The van der Waals surface area contributed by atoms with Gasteiger partial charge in [0.2, 0.25) is 0 Å². The number of non-ortho nitro benzene ring substituents is 2. The minimum atomic E-state index is -0.985. The molecule has 1 aliphatic carbocycles. The molecule has 4 aromatic rings. The van der Waals surface area contributed by atoms with Gasteiger partial charge in [0.1, 0.15) is 16.4 Å². The normalized spacial score (nSPS) is 12.8. The molecule has 2 aromatic carbocycles. The largest absolute Gasteiger partial charge is 0.423 e. The number of H-pyrrole nitrogens is 1. The number of carbonyl (C=O) groups is 1. The van der Waals surface area contributed by atoms with Crippen LogP contribution in [0.25, 0.3) is 21.6 Å². The van der Waals surface area contributed by atoms with E-state index in [-0.39, 0.29) is 16.9 Å². The number of nitro groups is 2. The Morgan fingerprint density at radius 2 is 1.66 bits per heavy atom. The number of aryl methyl sites for hydroxylation is 2. The average Bonchev–Trinajstić information content (AvgIpc) is 3.23. The molecule has 11 nitrogen and oxygen atoms in total. The van der Waals surface area contributed by atoms with Crippen molar-refractivity contribution in [3.8, 4) is 17.1 Å². The number of rotatable bonds is 5. The fraction of sp³-hybridized carbons (Fsp3) is 0.174. The van der Waals surface area contributed by atoms with Gasteiger partial charge in [-0.2, -0.15) is 0 Å². The van der Waals surface area contributed by atoms with Crippen molar-refractivity contribution in [2.75, 3.05) is 0 Å². The Labute approximate surface area is 200 Å². The topological polar surface area (TPSA) is 158 Å². The summed E-state index contributed by atoms with van der Waals surface area (Å²) < 4.78 is 5.24. The molecule has 12 heteroatoms. The van der Waals surface area contributed by atoms with Crippen LogP contribution in [0.1, 0.15) is 33.6 Å². The first-order chi connectivity index (χ1) is 16.8. The lowest BCUT2D eigenvalue weighted by Crippen LogP contribution is -2.11. The molecule has 0 spiro atoms. The number of aromatic nitrogens is 2. The number of nitrogens with zero attached hydrogens (tertiary/aromatic N) is 3. The maximum Gasteiger partial charge on any atom is 0.344 e. The van der Waals surface area contributed by atoms with Crippen molar-refractivity contribution in [1.29, 1.82) is 0 Å². The molecule has 0 amide bonds. The number of ether oxygens (including phenoxy) is 1. The number of hydrogen-bond donors (Lipinski definition) is 1. The molecule has 5 rings (SSSR count). The van der Waals surface area contributed by atoms with E-state index in [9.17, 15) is 29.8 Å². The van der Waals surface area contributed by atoms with Crippen LogP contribution in [0.3, 0.4) is 0 Å². The second-order valence-corrected chi connectivity index (χ2v) is 9.06. The van der Waals surface area contributed by atoms with E-state index in [4.69, 9.17) is 4.74 Å². The predicted molar refractivity (Wildman–Crippen MR) is 127 cm³/mol. The lowest BCUT2D eigenvalue weighted by Gasteiger charge is -2.09. The summed E-state index contributed by atoms with van der Waals surface area (Å²) in [5.41, 5.74) is -0.00837. The monoisotopic (exact) mass is 492 g/mol. The second kappa shape index (κ2) is 8.72. The van der Waals surface area contributed by atoms with E-state index >= 15 is 0 Å². The van der Waals surface area contributed by atoms with E-state index in [1.54, 1.807) is 23.5 Å². The van der Waals surface area contributed by atoms with Crippen LogP contribution < -0.4 is 10.3 Å². The summed E-state index contributed by atoms with van der Waals surface area (Å²) in [6, 6.07) is 8.75. The number of aromatic amines is 1. The fourth-order valence-corrected chi connectivity index (χ4v) is 5.33. The number of benzene rings is 2. The summed E-state index contributed by atoms with van der Waals surface area (Å²) >= 11 is 1.54. The number of fused-ring (bicyclic) bond motifs is 3. The summed E-state index contributed by atoms with van der Waals surface area (Å²) in [7, 11) is 0. The lowest BCUT2D eigenvalue weighted by molar-refractivity contribution is -0.394. The molecular formula is C23H16N4O7S. The van der Waals surface area contributed by atoms with Crippen LogP contribution in [0.2, 0.25) is 0 Å². The first-order valence-electron chi connectivity index (χ1n) is 10.6. The average molecular weight is 492 g/mol. The molecule has 0 aliphatic heterocycles. The van der Waals surface area contributed by atoms with Gasteiger partial charge in [0.05, 0.1) is 26.9 Å². The fourth-order valence-electron chi connectivity index (χ4n) is 4.07. The van der Waals surface area contributed by atoms with Crippen LogP contribution in [0.15, 0.2) is 47.3 Å². The molecule has 0 bridgehead atoms. The van der Waals surface area contributed by atoms with Crippen molar-refractivity contribution in [3.05, 3.63) is 89.1 Å². The van der Waals surface area contributed by atoms with E-state index in [2.05, 4.69) is 9.97 Å². The molecular weight excluding hydrogens is 476 g/mol. The molecule has 0 saturated carbocycles. The van der Waals surface area contributed by atoms with Gasteiger partial charge in [-0.05, 0) is 55.5 Å². The van der Waals surface area contributed by atoms with E-state index in [0.29, 0.717) is 21.6 Å². The van der Waals surface area contributed by atoms with Crippen LogP contribution in [-0.4, -0.2) is 25.8 Å². The quantitative estimate of drug-likeness (QED) is 0.184. The van der Waals surface area contributed by atoms with Gasteiger partial charge in [0.15, 0.2) is 0 Å². The number of nitrogens with one attached hydrogen (secondary N) is 1. The number of carbonyl (C=O) groups excluding carboxylic acids is 1. The predicted octanol–water partition coefficient (Wildman–Crippen LogP) is 4.57. The van der Waals surface area contributed by atoms with Crippen LogP contribution >= 0.6 is 11.3 Å². The highest BCUT2D eigenvalue weighted by Crippen LogP contribution is 2.34. The minimum Gasteiger partial charge on any atom is -0.423 e. The second-order valence-electron chi connectivity index (χ2n) is 7.97. The summed E-state index contributed by atoms with van der Waals surface area (Å²) in [6.07, 6.45) is 4.00. The van der Waals surface area contributed by atoms with Crippen molar-refractivity contribution in [1.82, 2.24) is 9.97 Å². The zero-order chi connectivity index (χ0) is 24.7. The van der Waals surface area contributed by atoms with Gasteiger partial charge in [0, 0.05) is 22.6 Å². The highest BCUT2D eigenvalue weighted by Gasteiger charge is 2.22. The van der Waals surface area contributed by atoms with Gasteiger partial charge in [-0.3, -0.25) is 25.0 Å². The third kappa shape index (κ3) is 4.26. The molecule has 1 N–H and O–H groups in total. The standard InChI is InChI=1S/C23H16N4O7S/c28-21-19-17-3-1-2-4-18(17)35-22(19)25-20(24-21)12-5-7-16(8-6-12)34-23(29)13-9-14(26(30)31)11-15(10-13)27(32)33/h5-11H,1-4H2,(H,24,25,28). The van der Waals surface area contributed by atoms with Gasteiger partial charge < -0.3 is 9.72 Å². The van der Waals surface area contributed by atoms with Crippen LogP contribution in [0.4, 0.5) is 11.4 Å². The van der Waals surface area contributed by atoms with E-state index < -0.39 is 27.2 Å². The Kier molecular flexibility index (Phi) is 5.57. The number of nitro benzene ring substituents is 2. The molecule has 1 aliphatic rings. The maximum absolute atomic E-state index is 12.8. The number of esters is 1. The first-order valence-corrected chi connectivity index (χ1v) is 11.4. The van der Waals surface area contributed by atoms with Crippen molar-refractivity contribution in [2.45, 2.75) is 25.7 Å². The molecule has 176 valence electrons. The Hall–Kier alpha value is -4.45. The van der Waals surface area contributed by atoms with Crippen molar-refractivity contribution in [3.63, 3.8) is 0 Å². The maximum atomic E-state index is 12.8. The SMILES string of the molecule is O=C(Oc1ccc(-c2nc3sc4c(c3c(=O)[nH]2)CCCC4)cc1)c1cc([N+](=O)[O-])cc([N+](=O)[O-])c1. The smallest absolute Gasteiger partial charge is 0.344 e. The van der Waals surface area contributed by atoms with E-state index in [1.807, 2.05) is 0 Å². The van der Waals surface area contributed by atoms with Gasteiger partial charge in [-0.25, -0.2) is 9.78 Å². The van der Waals surface area contributed by atoms with E-state index in [1.165, 1.54) is 17.0 Å². The van der Waals surface area contributed by atoms with Gasteiger partial charge >= 0.3 is 5.97 Å². The van der Waals surface area contributed by atoms with Gasteiger partial charge in [0.25, 0.3) is 16.9 Å². The van der Waals surface area contributed by atoms with Crippen molar-refractivity contribution < 1.29 is 19.4 Å². The number of thiophene rings is 1. The molecule has 0 unspecified atom stereocenters. The first kappa shape index (κ1) is 22.3. The minimum absolute atomic E-state index is 0.114. The number of hydrogen-bond acceptors (Lipinski definition) is 9. The molecule has 0 atom stereocenters.